The van der Waals surface area contributed by atoms with Gasteiger partial charge in [0.05, 0.1) is 0 Å². The van der Waals surface area contributed by atoms with E-state index in [-0.39, 0.29) is 0 Å². The highest BCUT2D eigenvalue weighted by Gasteiger charge is 2.53. The van der Waals surface area contributed by atoms with Gasteiger partial charge in [0, 0.05) is 13.1 Å². The van der Waals surface area contributed by atoms with E-state index in [1.807, 2.05) is 0 Å². The van der Waals surface area contributed by atoms with Crippen molar-refractivity contribution in [3.63, 3.8) is 0 Å². The molecule has 2 rings (SSSR count). The number of rotatable bonds is 6. The Kier molecular flexibility index (Phi) is 2.49. The summed E-state index contributed by atoms with van der Waals surface area (Å²) in [6, 6.07) is -0.759. The fraction of sp³-hybridized carbons (Fsp3) is 0.900. The molecule has 2 saturated carbocycles. The van der Waals surface area contributed by atoms with Gasteiger partial charge in [0.1, 0.15) is 6.04 Å². The third-order valence-corrected chi connectivity index (χ3v) is 3.49. The van der Waals surface area contributed by atoms with Gasteiger partial charge in [-0.3, -0.25) is 4.79 Å². The van der Waals surface area contributed by atoms with Crippen LogP contribution in [0.15, 0.2) is 0 Å². The summed E-state index contributed by atoms with van der Waals surface area (Å²) < 4.78 is 0. The highest BCUT2D eigenvalue weighted by molar-refractivity contribution is 5.73. The van der Waals surface area contributed by atoms with E-state index < -0.39 is 12.0 Å². The van der Waals surface area contributed by atoms with E-state index >= 15 is 0 Å². The van der Waals surface area contributed by atoms with Crippen molar-refractivity contribution in [3.05, 3.63) is 0 Å². The second-order valence-corrected chi connectivity index (χ2v) is 4.71. The number of nitrogens with one attached hydrogen (secondary N) is 1. The Labute approximate surface area is 83.9 Å². The molecule has 2 aliphatic rings. The number of carbonyl (C=O) groups is 1. The van der Waals surface area contributed by atoms with E-state index in [9.17, 15) is 4.79 Å². The summed E-state index contributed by atoms with van der Waals surface area (Å²) in [5.41, 5.74) is 5.92. The van der Waals surface area contributed by atoms with Gasteiger partial charge in [0.15, 0.2) is 0 Å². The maximum Gasteiger partial charge on any atom is 0.321 e. The molecule has 0 spiro atoms. The van der Waals surface area contributed by atoms with Gasteiger partial charge < -0.3 is 16.2 Å². The Balaban J connectivity index is 1.65. The molecule has 0 aromatic rings. The summed E-state index contributed by atoms with van der Waals surface area (Å²) >= 11 is 0. The fourth-order valence-corrected chi connectivity index (χ4v) is 2.15. The quantitative estimate of drug-likeness (QED) is 0.569. The minimum atomic E-state index is -0.922. The minimum absolute atomic E-state index is 0.393. The molecule has 4 N–H and O–H groups in total. The van der Waals surface area contributed by atoms with Crippen molar-refractivity contribution < 1.29 is 9.90 Å². The predicted octanol–water partition coefficient (Wildman–Crippen LogP) is 0.178. The van der Waals surface area contributed by atoms with Crippen LogP contribution in [0.25, 0.3) is 0 Å². The monoisotopic (exact) mass is 198 g/mol. The first-order valence-corrected chi connectivity index (χ1v) is 5.33. The van der Waals surface area contributed by atoms with Crippen molar-refractivity contribution in [3.8, 4) is 0 Å². The highest BCUT2D eigenvalue weighted by atomic mass is 16.4. The maximum absolute atomic E-state index is 10.5. The molecular formula is C10H18N2O2. The molecule has 4 nitrogen and oxygen atoms in total. The Hall–Kier alpha value is -0.610. The summed E-state index contributed by atoms with van der Waals surface area (Å²) in [5, 5.41) is 11.8. The summed E-state index contributed by atoms with van der Waals surface area (Å²) in [6.07, 6.45) is 5.36. The van der Waals surface area contributed by atoms with Gasteiger partial charge >= 0.3 is 5.97 Å². The molecule has 4 heteroatoms. The van der Waals surface area contributed by atoms with Crippen LogP contribution in [0.5, 0.6) is 0 Å². The van der Waals surface area contributed by atoms with Crippen molar-refractivity contribution in [2.75, 3.05) is 13.1 Å². The molecule has 14 heavy (non-hydrogen) atoms. The van der Waals surface area contributed by atoms with E-state index in [0.29, 0.717) is 12.0 Å². The van der Waals surface area contributed by atoms with Crippen LogP contribution in [-0.2, 0) is 4.79 Å². The van der Waals surface area contributed by atoms with Crippen LogP contribution in [0.3, 0.4) is 0 Å². The van der Waals surface area contributed by atoms with Crippen molar-refractivity contribution in [2.24, 2.45) is 17.1 Å². The van der Waals surface area contributed by atoms with Gasteiger partial charge in [-0.15, -0.1) is 0 Å². The zero-order valence-electron chi connectivity index (χ0n) is 8.33. The number of carboxylic acid groups (broad SMARTS) is 1. The highest BCUT2D eigenvalue weighted by Crippen LogP contribution is 2.60. The lowest BCUT2D eigenvalue weighted by Crippen LogP contribution is -2.42. The first kappa shape index (κ1) is 9.93. The number of hydrogen-bond acceptors (Lipinski definition) is 3. The van der Waals surface area contributed by atoms with Gasteiger partial charge in [-0.25, -0.2) is 0 Å². The third-order valence-electron chi connectivity index (χ3n) is 3.49. The lowest BCUT2D eigenvalue weighted by Gasteiger charge is -2.16. The van der Waals surface area contributed by atoms with E-state index in [0.717, 1.165) is 12.5 Å². The van der Waals surface area contributed by atoms with Crippen LogP contribution in [-0.4, -0.2) is 30.2 Å². The minimum Gasteiger partial charge on any atom is -0.480 e. The zero-order chi connectivity index (χ0) is 10.2. The average Bonchev–Trinajstić information content (AvgIpc) is 2.98. The van der Waals surface area contributed by atoms with E-state index in [1.165, 1.54) is 25.7 Å². The molecule has 0 amide bonds. The van der Waals surface area contributed by atoms with Crippen LogP contribution in [0.4, 0.5) is 0 Å². The number of nitrogens with two attached hydrogens (primary N) is 1. The van der Waals surface area contributed by atoms with E-state index in [1.54, 1.807) is 0 Å². The van der Waals surface area contributed by atoms with Crippen LogP contribution in [0.1, 0.15) is 25.7 Å². The van der Waals surface area contributed by atoms with Crippen LogP contribution < -0.4 is 11.1 Å². The first-order valence-electron chi connectivity index (χ1n) is 5.33. The van der Waals surface area contributed by atoms with Gasteiger partial charge in [-0.05, 0) is 37.0 Å². The summed E-state index contributed by atoms with van der Waals surface area (Å²) in [6.45, 7) is 1.35. The Bertz CT molecular complexity index is 234. The molecule has 0 radical (unpaired) electrons. The van der Waals surface area contributed by atoms with Crippen LogP contribution in [0, 0.1) is 11.3 Å². The third kappa shape index (κ3) is 2.07. The molecule has 0 heterocycles. The molecule has 2 aliphatic carbocycles. The van der Waals surface area contributed by atoms with Crippen LogP contribution >= 0.6 is 0 Å². The molecule has 0 aromatic carbocycles. The maximum atomic E-state index is 10.5. The van der Waals surface area contributed by atoms with E-state index in [2.05, 4.69) is 5.32 Å². The lowest BCUT2D eigenvalue weighted by atomic mass is 10.0. The SMILES string of the molecule is NC(CNCC1(C2CC2)CC1)C(=O)O. The standard InChI is InChI=1S/C10H18N2O2/c11-8(9(13)14)5-12-6-10(3-4-10)7-1-2-7/h7-8,12H,1-6,11H2,(H,13,14). The molecule has 0 saturated heterocycles. The molecule has 0 bridgehead atoms. The molecular weight excluding hydrogens is 180 g/mol. The number of aliphatic carboxylic acids is 1. The normalized spacial score (nSPS) is 25.8. The van der Waals surface area contributed by atoms with Crippen molar-refractivity contribution in [1.29, 1.82) is 0 Å². The first-order chi connectivity index (χ1) is 6.64. The topological polar surface area (TPSA) is 75.3 Å². The van der Waals surface area contributed by atoms with Crippen molar-refractivity contribution in [1.82, 2.24) is 5.32 Å². The smallest absolute Gasteiger partial charge is 0.321 e. The molecule has 1 atom stereocenters. The van der Waals surface area contributed by atoms with Crippen molar-refractivity contribution in [2.45, 2.75) is 31.7 Å². The van der Waals surface area contributed by atoms with Crippen LogP contribution in [0.2, 0.25) is 0 Å². The van der Waals surface area contributed by atoms with E-state index in [4.69, 9.17) is 10.8 Å². The molecule has 0 aromatic heterocycles. The molecule has 2 fully saturated rings. The molecule has 1 unspecified atom stereocenters. The molecule has 0 aliphatic heterocycles. The summed E-state index contributed by atoms with van der Waals surface area (Å²) in [7, 11) is 0. The largest absolute Gasteiger partial charge is 0.480 e. The zero-order valence-corrected chi connectivity index (χ0v) is 8.33. The van der Waals surface area contributed by atoms with Crippen molar-refractivity contribution >= 4 is 5.97 Å². The average molecular weight is 198 g/mol. The number of hydrogen-bond donors (Lipinski definition) is 3. The Morgan fingerprint density at radius 1 is 1.57 bits per heavy atom. The Morgan fingerprint density at radius 2 is 2.21 bits per heavy atom. The van der Waals surface area contributed by atoms with Gasteiger partial charge in [0.25, 0.3) is 0 Å². The van der Waals surface area contributed by atoms with Gasteiger partial charge in [-0.1, -0.05) is 0 Å². The predicted molar refractivity (Wildman–Crippen MR) is 52.9 cm³/mol. The summed E-state index contributed by atoms with van der Waals surface area (Å²) in [4.78, 5) is 10.5. The van der Waals surface area contributed by atoms with Gasteiger partial charge in [0.2, 0.25) is 0 Å². The lowest BCUT2D eigenvalue weighted by molar-refractivity contribution is -0.138. The Morgan fingerprint density at radius 3 is 2.64 bits per heavy atom. The number of carboxylic acids is 1. The second kappa shape index (κ2) is 3.51. The summed E-state index contributed by atoms with van der Waals surface area (Å²) in [5.74, 6) is -0.00942. The van der Waals surface area contributed by atoms with Gasteiger partial charge in [-0.2, -0.15) is 0 Å². The fourth-order valence-electron chi connectivity index (χ4n) is 2.15. The second-order valence-electron chi connectivity index (χ2n) is 4.71. The molecule has 80 valence electrons.